The summed E-state index contributed by atoms with van der Waals surface area (Å²) in [5.74, 6) is 0. The summed E-state index contributed by atoms with van der Waals surface area (Å²) >= 11 is 2.17. The summed E-state index contributed by atoms with van der Waals surface area (Å²) in [5.41, 5.74) is 1.87. The first-order valence-corrected chi connectivity index (χ1v) is 8.41. The maximum absolute atomic E-state index is 12.0. The van der Waals surface area contributed by atoms with E-state index in [1.165, 1.54) is 6.21 Å². The minimum absolute atomic E-state index is 0.197. The first kappa shape index (κ1) is 15.0. The molecule has 0 saturated carbocycles. The summed E-state index contributed by atoms with van der Waals surface area (Å²) in [5, 5.41) is 3.81. The van der Waals surface area contributed by atoms with E-state index < -0.39 is 10.0 Å². The van der Waals surface area contributed by atoms with Gasteiger partial charge in [-0.25, -0.2) is 4.83 Å². The molecule has 104 valence electrons. The van der Waals surface area contributed by atoms with Gasteiger partial charge in [-0.1, -0.05) is 35.9 Å². The molecular weight excluding hydrogens is 387 g/mol. The van der Waals surface area contributed by atoms with Crippen molar-refractivity contribution in [1.82, 2.24) is 4.83 Å². The van der Waals surface area contributed by atoms with Gasteiger partial charge in [0.15, 0.2) is 0 Å². The predicted octanol–water partition coefficient (Wildman–Crippen LogP) is 2.91. The summed E-state index contributed by atoms with van der Waals surface area (Å²) in [6.07, 6.45) is 1.49. The van der Waals surface area contributed by atoms with Crippen LogP contribution >= 0.6 is 22.6 Å². The van der Waals surface area contributed by atoms with Crippen LogP contribution in [0.1, 0.15) is 11.1 Å². The SMILES string of the molecule is Cc1ccc(S(=O)(=O)N/N=C/c2ccccc2I)cc1. The number of nitrogens with zero attached hydrogens (tertiary/aromatic N) is 1. The molecule has 2 aromatic rings. The van der Waals surface area contributed by atoms with Gasteiger partial charge in [0.2, 0.25) is 0 Å². The van der Waals surface area contributed by atoms with Gasteiger partial charge in [0.25, 0.3) is 10.0 Å². The van der Waals surface area contributed by atoms with E-state index >= 15 is 0 Å². The molecule has 0 bridgehead atoms. The number of hydrogen-bond acceptors (Lipinski definition) is 3. The molecule has 6 heteroatoms. The van der Waals surface area contributed by atoms with Gasteiger partial charge < -0.3 is 0 Å². The van der Waals surface area contributed by atoms with Crippen LogP contribution in [0.5, 0.6) is 0 Å². The van der Waals surface area contributed by atoms with Gasteiger partial charge in [0.1, 0.15) is 0 Å². The van der Waals surface area contributed by atoms with Crippen molar-refractivity contribution in [2.75, 3.05) is 0 Å². The number of aryl methyl sites for hydroxylation is 1. The number of sulfonamides is 1. The van der Waals surface area contributed by atoms with Crippen LogP contribution in [0.15, 0.2) is 58.5 Å². The molecule has 0 unspecified atom stereocenters. The molecule has 0 aromatic heterocycles. The van der Waals surface area contributed by atoms with E-state index in [4.69, 9.17) is 0 Å². The first-order chi connectivity index (χ1) is 9.49. The van der Waals surface area contributed by atoms with Gasteiger partial charge in [-0.05, 0) is 47.7 Å². The second kappa shape index (κ2) is 6.36. The molecular formula is C14H13IN2O2S. The molecule has 2 aromatic carbocycles. The number of rotatable bonds is 4. The summed E-state index contributed by atoms with van der Waals surface area (Å²) in [7, 11) is -3.61. The summed E-state index contributed by atoms with van der Waals surface area (Å²) in [4.78, 5) is 2.41. The molecule has 0 aliphatic heterocycles. The molecule has 0 aliphatic carbocycles. The minimum Gasteiger partial charge on any atom is -0.200 e. The number of hydrazone groups is 1. The van der Waals surface area contributed by atoms with E-state index in [9.17, 15) is 8.42 Å². The molecule has 1 N–H and O–H groups in total. The Bertz CT molecular complexity index is 725. The van der Waals surface area contributed by atoms with E-state index in [0.29, 0.717) is 0 Å². The van der Waals surface area contributed by atoms with Crippen LogP contribution in [0.2, 0.25) is 0 Å². The molecule has 0 aliphatic rings. The fourth-order valence-electron chi connectivity index (χ4n) is 1.52. The quantitative estimate of drug-likeness (QED) is 0.488. The molecule has 0 fully saturated rings. The molecule has 2 rings (SSSR count). The van der Waals surface area contributed by atoms with Crippen LogP contribution in [0.3, 0.4) is 0 Å². The highest BCUT2D eigenvalue weighted by Crippen LogP contribution is 2.11. The van der Waals surface area contributed by atoms with Crippen molar-refractivity contribution in [3.8, 4) is 0 Å². The van der Waals surface area contributed by atoms with Crippen molar-refractivity contribution in [2.45, 2.75) is 11.8 Å². The Morgan fingerprint density at radius 3 is 2.40 bits per heavy atom. The van der Waals surface area contributed by atoms with Crippen molar-refractivity contribution in [2.24, 2.45) is 5.10 Å². The number of halogens is 1. The van der Waals surface area contributed by atoms with Crippen LogP contribution in [0, 0.1) is 10.5 Å². The van der Waals surface area contributed by atoms with Crippen LogP contribution in [0.4, 0.5) is 0 Å². The largest absolute Gasteiger partial charge is 0.276 e. The Kier molecular flexibility index (Phi) is 4.77. The smallest absolute Gasteiger partial charge is 0.200 e. The molecule has 0 radical (unpaired) electrons. The van der Waals surface area contributed by atoms with Gasteiger partial charge in [0.05, 0.1) is 11.1 Å². The summed E-state index contributed by atoms with van der Waals surface area (Å²) in [6.45, 7) is 1.90. The Hall–Kier alpha value is -1.41. The van der Waals surface area contributed by atoms with Crippen molar-refractivity contribution in [1.29, 1.82) is 0 Å². The third-order valence-corrected chi connectivity index (χ3v) is 4.83. The molecule has 0 atom stereocenters. The topological polar surface area (TPSA) is 58.5 Å². The lowest BCUT2D eigenvalue weighted by atomic mass is 10.2. The van der Waals surface area contributed by atoms with Gasteiger partial charge in [-0.2, -0.15) is 13.5 Å². The minimum atomic E-state index is -3.61. The lowest BCUT2D eigenvalue weighted by molar-refractivity contribution is 0.584. The van der Waals surface area contributed by atoms with Gasteiger partial charge >= 0.3 is 0 Å². The van der Waals surface area contributed by atoms with E-state index in [0.717, 1.165) is 14.7 Å². The maximum atomic E-state index is 12.0. The van der Waals surface area contributed by atoms with Gasteiger partial charge in [-0.15, -0.1) is 0 Å². The Labute approximate surface area is 132 Å². The summed E-state index contributed by atoms with van der Waals surface area (Å²) in [6, 6.07) is 14.2. The average molecular weight is 400 g/mol. The lowest BCUT2D eigenvalue weighted by Gasteiger charge is -2.03. The molecule has 0 saturated heterocycles. The highest BCUT2D eigenvalue weighted by molar-refractivity contribution is 14.1. The van der Waals surface area contributed by atoms with Crippen molar-refractivity contribution in [3.63, 3.8) is 0 Å². The second-order valence-corrected chi connectivity index (χ2v) is 7.01. The van der Waals surface area contributed by atoms with Gasteiger partial charge in [0, 0.05) is 9.13 Å². The van der Waals surface area contributed by atoms with E-state index in [-0.39, 0.29) is 4.90 Å². The van der Waals surface area contributed by atoms with Crippen molar-refractivity contribution < 1.29 is 8.42 Å². The van der Waals surface area contributed by atoms with Crippen LogP contribution in [0.25, 0.3) is 0 Å². The third kappa shape index (κ3) is 3.80. The average Bonchev–Trinajstić information content (AvgIpc) is 2.41. The number of benzene rings is 2. The van der Waals surface area contributed by atoms with E-state index in [2.05, 4.69) is 32.5 Å². The Morgan fingerprint density at radius 1 is 1.10 bits per heavy atom. The lowest BCUT2D eigenvalue weighted by Crippen LogP contribution is -2.18. The second-order valence-electron chi connectivity index (χ2n) is 4.19. The molecule has 0 spiro atoms. The normalized spacial score (nSPS) is 11.7. The van der Waals surface area contributed by atoms with Crippen LogP contribution in [-0.4, -0.2) is 14.6 Å². The zero-order valence-electron chi connectivity index (χ0n) is 10.7. The monoisotopic (exact) mass is 400 g/mol. The van der Waals surface area contributed by atoms with Crippen LogP contribution < -0.4 is 4.83 Å². The summed E-state index contributed by atoms with van der Waals surface area (Å²) < 4.78 is 25.0. The van der Waals surface area contributed by atoms with Crippen LogP contribution in [-0.2, 0) is 10.0 Å². The van der Waals surface area contributed by atoms with E-state index in [1.54, 1.807) is 24.3 Å². The van der Waals surface area contributed by atoms with Crippen molar-refractivity contribution in [3.05, 3.63) is 63.2 Å². The fourth-order valence-corrected chi connectivity index (χ4v) is 2.83. The zero-order valence-corrected chi connectivity index (χ0v) is 13.7. The molecule has 0 amide bonds. The van der Waals surface area contributed by atoms with Gasteiger partial charge in [-0.3, -0.25) is 0 Å². The van der Waals surface area contributed by atoms with Crippen molar-refractivity contribution >= 4 is 38.8 Å². The fraction of sp³-hybridized carbons (Fsp3) is 0.0714. The predicted molar refractivity (Wildman–Crippen MR) is 88.3 cm³/mol. The molecule has 20 heavy (non-hydrogen) atoms. The maximum Gasteiger partial charge on any atom is 0.276 e. The third-order valence-electron chi connectivity index (χ3n) is 2.61. The standard InChI is InChI=1S/C14H13IN2O2S/c1-11-6-8-13(9-7-11)20(18,19)17-16-10-12-4-2-3-5-14(12)15/h2-10,17H,1H3/b16-10+. The Balaban J connectivity index is 2.14. The van der Waals surface area contributed by atoms with E-state index in [1.807, 2.05) is 31.2 Å². The number of nitrogens with one attached hydrogen (secondary N) is 1. The first-order valence-electron chi connectivity index (χ1n) is 5.85. The Morgan fingerprint density at radius 2 is 1.75 bits per heavy atom. The zero-order chi connectivity index (χ0) is 14.6. The number of hydrogen-bond donors (Lipinski definition) is 1. The highest BCUT2D eigenvalue weighted by Gasteiger charge is 2.11. The molecule has 0 heterocycles. The molecule has 4 nitrogen and oxygen atoms in total. The highest BCUT2D eigenvalue weighted by atomic mass is 127.